The monoisotopic (exact) mass is 234 g/mol. The van der Waals surface area contributed by atoms with Gasteiger partial charge in [0.2, 0.25) is 0 Å². The Morgan fingerprint density at radius 1 is 1.29 bits per heavy atom. The largest absolute Gasteiger partial charge is 0.362 e. The predicted octanol–water partition coefficient (Wildman–Crippen LogP) is 3.66. The average Bonchev–Trinajstić information content (AvgIpc) is 2.38. The molecule has 0 aliphatic carbocycles. The standard InChI is InChI=1S/C15H22O2/c1-3-5-9-12-15(16,4-2)17-13-14-10-7-6-8-11-14/h4,6-8,10-11,16H,2-3,5,9,12-13H2,1H3. The third-order valence-corrected chi connectivity index (χ3v) is 2.79. The van der Waals surface area contributed by atoms with Gasteiger partial charge in [0.05, 0.1) is 6.61 Å². The molecule has 0 aliphatic rings. The van der Waals surface area contributed by atoms with E-state index >= 15 is 0 Å². The Bertz CT molecular complexity index is 321. The van der Waals surface area contributed by atoms with Crippen molar-refractivity contribution < 1.29 is 9.84 Å². The van der Waals surface area contributed by atoms with Gasteiger partial charge in [-0.2, -0.15) is 0 Å². The molecular weight excluding hydrogens is 212 g/mol. The molecule has 2 heteroatoms. The first kappa shape index (κ1) is 13.9. The quantitative estimate of drug-likeness (QED) is 0.422. The Kier molecular flexibility index (Phi) is 5.95. The van der Waals surface area contributed by atoms with E-state index in [2.05, 4.69) is 13.5 Å². The van der Waals surface area contributed by atoms with Crippen LogP contribution in [0.4, 0.5) is 0 Å². The SMILES string of the molecule is C=CC(O)(CCCCC)OCc1ccccc1. The Balaban J connectivity index is 2.43. The lowest BCUT2D eigenvalue weighted by Gasteiger charge is -2.24. The van der Waals surface area contributed by atoms with Gasteiger partial charge in [-0.15, -0.1) is 0 Å². The molecule has 1 atom stereocenters. The third-order valence-electron chi connectivity index (χ3n) is 2.79. The van der Waals surface area contributed by atoms with Crippen LogP contribution in [0.25, 0.3) is 0 Å². The van der Waals surface area contributed by atoms with Crippen LogP contribution in [0.3, 0.4) is 0 Å². The maximum absolute atomic E-state index is 10.2. The number of hydrogen-bond donors (Lipinski definition) is 1. The van der Waals surface area contributed by atoms with Gasteiger partial charge in [0.15, 0.2) is 5.79 Å². The molecule has 0 saturated heterocycles. The zero-order chi connectivity index (χ0) is 12.6. The van der Waals surface area contributed by atoms with E-state index in [0.717, 1.165) is 24.8 Å². The molecule has 0 bridgehead atoms. The lowest BCUT2D eigenvalue weighted by molar-refractivity contribution is -0.179. The van der Waals surface area contributed by atoms with E-state index in [1.165, 1.54) is 6.08 Å². The molecule has 0 aromatic heterocycles. The summed E-state index contributed by atoms with van der Waals surface area (Å²) in [6.07, 6.45) is 5.29. The fraction of sp³-hybridized carbons (Fsp3) is 0.467. The first-order chi connectivity index (χ1) is 8.20. The minimum Gasteiger partial charge on any atom is -0.362 e. The molecular formula is C15H22O2. The smallest absolute Gasteiger partial charge is 0.185 e. The van der Waals surface area contributed by atoms with Gasteiger partial charge >= 0.3 is 0 Å². The summed E-state index contributed by atoms with van der Waals surface area (Å²) in [5.41, 5.74) is 1.06. The van der Waals surface area contributed by atoms with Crippen LogP contribution in [-0.2, 0) is 11.3 Å². The lowest BCUT2D eigenvalue weighted by Crippen LogP contribution is -2.29. The van der Waals surface area contributed by atoms with Crippen LogP contribution >= 0.6 is 0 Å². The fourth-order valence-electron chi connectivity index (χ4n) is 1.64. The highest BCUT2D eigenvalue weighted by atomic mass is 16.6. The average molecular weight is 234 g/mol. The molecule has 0 fully saturated rings. The van der Waals surface area contributed by atoms with E-state index in [-0.39, 0.29) is 0 Å². The van der Waals surface area contributed by atoms with E-state index in [1.807, 2.05) is 30.3 Å². The van der Waals surface area contributed by atoms with Crippen LogP contribution in [0.2, 0.25) is 0 Å². The number of ether oxygens (including phenoxy) is 1. The van der Waals surface area contributed by atoms with E-state index in [9.17, 15) is 5.11 Å². The Morgan fingerprint density at radius 2 is 2.00 bits per heavy atom. The summed E-state index contributed by atoms with van der Waals surface area (Å²) in [6, 6.07) is 9.85. The summed E-state index contributed by atoms with van der Waals surface area (Å²) in [6.45, 7) is 6.20. The molecule has 17 heavy (non-hydrogen) atoms. The molecule has 1 rings (SSSR count). The summed E-state index contributed by atoms with van der Waals surface area (Å²) in [7, 11) is 0. The summed E-state index contributed by atoms with van der Waals surface area (Å²) in [5, 5.41) is 10.2. The Morgan fingerprint density at radius 3 is 2.59 bits per heavy atom. The van der Waals surface area contributed by atoms with E-state index in [0.29, 0.717) is 13.0 Å². The molecule has 0 amide bonds. The summed E-state index contributed by atoms with van der Waals surface area (Å²) in [5.74, 6) is -1.19. The van der Waals surface area contributed by atoms with Crippen molar-refractivity contribution in [2.24, 2.45) is 0 Å². The van der Waals surface area contributed by atoms with Crippen LogP contribution in [0, 0.1) is 0 Å². The van der Waals surface area contributed by atoms with Gasteiger partial charge in [-0.3, -0.25) is 0 Å². The molecule has 1 N–H and O–H groups in total. The van der Waals surface area contributed by atoms with E-state index in [1.54, 1.807) is 0 Å². The highest BCUT2D eigenvalue weighted by Crippen LogP contribution is 2.19. The Hall–Kier alpha value is -1.12. The first-order valence-electron chi connectivity index (χ1n) is 6.24. The fourth-order valence-corrected chi connectivity index (χ4v) is 1.64. The molecule has 1 aromatic carbocycles. The Labute approximate surface area is 104 Å². The highest BCUT2D eigenvalue weighted by Gasteiger charge is 2.22. The van der Waals surface area contributed by atoms with Gasteiger partial charge in [0.25, 0.3) is 0 Å². The second-order valence-corrected chi connectivity index (χ2v) is 4.28. The zero-order valence-electron chi connectivity index (χ0n) is 10.6. The molecule has 1 aromatic rings. The number of hydrogen-bond acceptors (Lipinski definition) is 2. The van der Waals surface area contributed by atoms with Crippen molar-refractivity contribution in [2.75, 3.05) is 0 Å². The second kappa shape index (κ2) is 7.25. The van der Waals surface area contributed by atoms with Crippen molar-refractivity contribution in [3.05, 3.63) is 48.6 Å². The van der Waals surface area contributed by atoms with Gasteiger partial charge < -0.3 is 9.84 Å². The predicted molar refractivity (Wildman–Crippen MR) is 70.5 cm³/mol. The van der Waals surface area contributed by atoms with Crippen LogP contribution in [0.1, 0.15) is 38.2 Å². The van der Waals surface area contributed by atoms with Gasteiger partial charge in [0.1, 0.15) is 0 Å². The number of benzene rings is 1. The van der Waals surface area contributed by atoms with Gasteiger partial charge in [-0.1, -0.05) is 56.7 Å². The van der Waals surface area contributed by atoms with Crippen molar-refractivity contribution in [1.82, 2.24) is 0 Å². The minimum absolute atomic E-state index is 0.412. The normalized spacial score (nSPS) is 14.2. The number of rotatable bonds is 8. The molecule has 0 saturated carbocycles. The maximum Gasteiger partial charge on any atom is 0.185 e. The van der Waals surface area contributed by atoms with Crippen LogP contribution in [0.5, 0.6) is 0 Å². The van der Waals surface area contributed by atoms with Crippen molar-refractivity contribution in [2.45, 2.75) is 45.0 Å². The van der Waals surface area contributed by atoms with Gasteiger partial charge in [0, 0.05) is 6.42 Å². The highest BCUT2D eigenvalue weighted by molar-refractivity contribution is 5.13. The van der Waals surface area contributed by atoms with E-state index < -0.39 is 5.79 Å². The molecule has 0 radical (unpaired) electrons. The van der Waals surface area contributed by atoms with Crippen LogP contribution in [-0.4, -0.2) is 10.9 Å². The number of aliphatic hydroxyl groups is 1. The number of unbranched alkanes of at least 4 members (excludes halogenated alkanes) is 2. The van der Waals surface area contributed by atoms with Crippen molar-refractivity contribution in [3.8, 4) is 0 Å². The molecule has 0 spiro atoms. The molecule has 0 heterocycles. The molecule has 1 unspecified atom stereocenters. The maximum atomic E-state index is 10.2. The van der Waals surface area contributed by atoms with Crippen molar-refractivity contribution >= 4 is 0 Å². The molecule has 94 valence electrons. The lowest BCUT2D eigenvalue weighted by atomic mass is 10.1. The molecule has 2 nitrogen and oxygen atoms in total. The zero-order valence-corrected chi connectivity index (χ0v) is 10.6. The van der Waals surface area contributed by atoms with Crippen molar-refractivity contribution in [3.63, 3.8) is 0 Å². The van der Waals surface area contributed by atoms with Crippen LogP contribution in [0.15, 0.2) is 43.0 Å². The van der Waals surface area contributed by atoms with Gasteiger partial charge in [-0.05, 0) is 18.1 Å². The van der Waals surface area contributed by atoms with E-state index in [4.69, 9.17) is 4.74 Å². The summed E-state index contributed by atoms with van der Waals surface area (Å²) >= 11 is 0. The first-order valence-corrected chi connectivity index (χ1v) is 6.24. The van der Waals surface area contributed by atoms with Gasteiger partial charge in [-0.25, -0.2) is 0 Å². The topological polar surface area (TPSA) is 29.5 Å². The summed E-state index contributed by atoms with van der Waals surface area (Å²) in [4.78, 5) is 0. The molecule has 0 aliphatic heterocycles. The van der Waals surface area contributed by atoms with Crippen LogP contribution < -0.4 is 0 Å². The van der Waals surface area contributed by atoms with Crippen molar-refractivity contribution in [1.29, 1.82) is 0 Å². The second-order valence-electron chi connectivity index (χ2n) is 4.28. The third kappa shape index (κ3) is 5.16. The summed E-state index contributed by atoms with van der Waals surface area (Å²) < 4.78 is 5.55. The minimum atomic E-state index is -1.19.